The van der Waals surface area contributed by atoms with Gasteiger partial charge >= 0.3 is 0 Å². The van der Waals surface area contributed by atoms with Gasteiger partial charge in [-0.3, -0.25) is 5.41 Å². The molecule has 1 aromatic carbocycles. The quantitative estimate of drug-likeness (QED) is 0.568. The number of benzene rings is 1. The van der Waals surface area contributed by atoms with Gasteiger partial charge in [0.15, 0.2) is 0 Å². The molecule has 0 saturated carbocycles. The minimum Gasteiger partial charge on any atom is -0.387 e. The van der Waals surface area contributed by atoms with Gasteiger partial charge in [-0.25, -0.2) is 0 Å². The predicted molar refractivity (Wildman–Crippen MR) is 60.1 cm³/mol. The van der Waals surface area contributed by atoms with Crippen LogP contribution in [0.25, 0.3) is 0 Å². The summed E-state index contributed by atoms with van der Waals surface area (Å²) >= 11 is 0. The van der Waals surface area contributed by atoms with Crippen molar-refractivity contribution in [1.82, 2.24) is 0 Å². The van der Waals surface area contributed by atoms with Crippen molar-refractivity contribution in [3.05, 3.63) is 35.9 Å². The number of rotatable bonds is 2. The zero-order valence-electron chi connectivity index (χ0n) is 8.70. The second kappa shape index (κ2) is 4.03. The van der Waals surface area contributed by atoms with Gasteiger partial charge in [-0.1, -0.05) is 30.3 Å². The smallest absolute Gasteiger partial charge is 0.102 e. The fraction of sp³-hybridized carbons (Fsp3) is 0.417. The molecule has 3 nitrogen and oxygen atoms in total. The summed E-state index contributed by atoms with van der Waals surface area (Å²) in [5, 5.41) is 7.80. The highest BCUT2D eigenvalue weighted by Crippen LogP contribution is 2.34. The molecular formula is C12H16N2O. The molecular weight excluding hydrogens is 188 g/mol. The van der Waals surface area contributed by atoms with Crippen LogP contribution >= 0.6 is 0 Å². The Balaban J connectivity index is 2.38. The lowest BCUT2D eigenvalue weighted by Gasteiger charge is -2.36. The molecule has 0 bridgehead atoms. The van der Waals surface area contributed by atoms with Crippen LogP contribution in [0.5, 0.6) is 0 Å². The Hall–Kier alpha value is -1.35. The summed E-state index contributed by atoms with van der Waals surface area (Å²) in [5.41, 5.74) is 6.61. The highest BCUT2D eigenvalue weighted by molar-refractivity contribution is 5.89. The van der Waals surface area contributed by atoms with Crippen LogP contribution in [0.3, 0.4) is 0 Å². The fourth-order valence-corrected chi connectivity index (χ4v) is 2.19. The molecule has 0 aromatic heterocycles. The largest absolute Gasteiger partial charge is 0.387 e. The Morgan fingerprint density at radius 1 is 1.20 bits per heavy atom. The normalized spacial score (nSPS) is 19.7. The lowest BCUT2D eigenvalue weighted by molar-refractivity contribution is 0.0703. The van der Waals surface area contributed by atoms with Crippen molar-refractivity contribution < 1.29 is 4.74 Å². The van der Waals surface area contributed by atoms with E-state index in [0.29, 0.717) is 13.2 Å². The van der Waals surface area contributed by atoms with E-state index < -0.39 is 0 Å². The first-order valence-electron chi connectivity index (χ1n) is 5.23. The lowest BCUT2D eigenvalue weighted by atomic mass is 9.73. The van der Waals surface area contributed by atoms with Crippen molar-refractivity contribution in [1.29, 1.82) is 5.41 Å². The van der Waals surface area contributed by atoms with E-state index in [-0.39, 0.29) is 11.3 Å². The second-order valence-electron chi connectivity index (χ2n) is 3.97. The summed E-state index contributed by atoms with van der Waals surface area (Å²) in [7, 11) is 0. The molecule has 1 aliphatic heterocycles. The van der Waals surface area contributed by atoms with E-state index in [1.54, 1.807) is 0 Å². The van der Waals surface area contributed by atoms with Gasteiger partial charge in [0.2, 0.25) is 0 Å². The van der Waals surface area contributed by atoms with E-state index in [9.17, 15) is 0 Å². The molecule has 2 rings (SSSR count). The van der Waals surface area contributed by atoms with Crippen molar-refractivity contribution >= 4 is 5.84 Å². The Morgan fingerprint density at radius 3 is 2.33 bits per heavy atom. The average Bonchev–Trinajstić information content (AvgIpc) is 2.31. The number of nitrogens with one attached hydrogen (secondary N) is 1. The topological polar surface area (TPSA) is 59.1 Å². The summed E-state index contributed by atoms with van der Waals surface area (Å²) in [6, 6.07) is 10.1. The molecule has 0 spiro atoms. The second-order valence-corrected chi connectivity index (χ2v) is 3.97. The van der Waals surface area contributed by atoms with Crippen molar-refractivity contribution in [2.75, 3.05) is 13.2 Å². The van der Waals surface area contributed by atoms with Gasteiger partial charge in [-0.2, -0.15) is 0 Å². The van der Waals surface area contributed by atoms with Crippen LogP contribution in [0, 0.1) is 5.41 Å². The molecule has 1 saturated heterocycles. The zero-order valence-corrected chi connectivity index (χ0v) is 8.70. The van der Waals surface area contributed by atoms with Crippen LogP contribution in [0.2, 0.25) is 0 Å². The van der Waals surface area contributed by atoms with Gasteiger partial charge in [-0.05, 0) is 18.4 Å². The van der Waals surface area contributed by atoms with Crippen molar-refractivity contribution in [2.45, 2.75) is 18.3 Å². The Bertz CT molecular complexity index is 342. The van der Waals surface area contributed by atoms with Gasteiger partial charge in [0.1, 0.15) is 5.84 Å². The summed E-state index contributed by atoms with van der Waals surface area (Å²) in [4.78, 5) is 0. The Kier molecular flexibility index (Phi) is 2.73. The maximum absolute atomic E-state index is 7.80. The van der Waals surface area contributed by atoms with E-state index in [1.165, 1.54) is 0 Å². The first kappa shape index (κ1) is 10.2. The third-order valence-corrected chi connectivity index (χ3v) is 3.19. The molecule has 15 heavy (non-hydrogen) atoms. The average molecular weight is 204 g/mol. The fourth-order valence-electron chi connectivity index (χ4n) is 2.19. The monoisotopic (exact) mass is 204 g/mol. The summed E-state index contributed by atoms with van der Waals surface area (Å²) < 4.78 is 5.34. The van der Waals surface area contributed by atoms with Gasteiger partial charge in [0.05, 0.1) is 5.41 Å². The molecule has 0 atom stereocenters. The van der Waals surface area contributed by atoms with Crippen molar-refractivity contribution in [3.8, 4) is 0 Å². The van der Waals surface area contributed by atoms with Crippen LogP contribution < -0.4 is 5.73 Å². The highest BCUT2D eigenvalue weighted by atomic mass is 16.5. The molecule has 0 radical (unpaired) electrons. The molecule has 1 aromatic rings. The van der Waals surface area contributed by atoms with E-state index in [2.05, 4.69) is 0 Å². The van der Waals surface area contributed by atoms with Crippen LogP contribution in [0.1, 0.15) is 18.4 Å². The van der Waals surface area contributed by atoms with Crippen LogP contribution in [0.4, 0.5) is 0 Å². The molecule has 0 aliphatic carbocycles. The van der Waals surface area contributed by atoms with Gasteiger partial charge in [0.25, 0.3) is 0 Å². The minimum absolute atomic E-state index is 0.261. The number of amidine groups is 1. The summed E-state index contributed by atoms with van der Waals surface area (Å²) in [6.07, 6.45) is 1.62. The van der Waals surface area contributed by atoms with Gasteiger partial charge in [-0.15, -0.1) is 0 Å². The standard InChI is InChI=1S/C12H16N2O/c13-11(14)12(6-8-15-9-7-12)10-4-2-1-3-5-10/h1-5H,6-9H2,(H3,13,14). The maximum Gasteiger partial charge on any atom is 0.102 e. The maximum atomic E-state index is 7.80. The summed E-state index contributed by atoms with van der Waals surface area (Å²) in [5.74, 6) is 0.261. The van der Waals surface area contributed by atoms with E-state index in [0.717, 1.165) is 18.4 Å². The molecule has 1 aliphatic rings. The first-order chi connectivity index (χ1) is 7.26. The number of nitrogens with two attached hydrogens (primary N) is 1. The zero-order chi connectivity index (χ0) is 10.7. The summed E-state index contributed by atoms with van der Waals surface area (Å²) in [6.45, 7) is 1.38. The molecule has 0 unspecified atom stereocenters. The minimum atomic E-state index is -0.292. The van der Waals surface area contributed by atoms with Crippen LogP contribution in [-0.4, -0.2) is 19.0 Å². The third-order valence-electron chi connectivity index (χ3n) is 3.19. The van der Waals surface area contributed by atoms with Gasteiger partial charge < -0.3 is 10.5 Å². The Labute approximate surface area is 89.8 Å². The highest BCUT2D eigenvalue weighted by Gasteiger charge is 2.37. The van der Waals surface area contributed by atoms with E-state index in [1.807, 2.05) is 30.3 Å². The number of hydrogen-bond acceptors (Lipinski definition) is 2. The first-order valence-corrected chi connectivity index (χ1v) is 5.23. The van der Waals surface area contributed by atoms with Gasteiger partial charge in [0, 0.05) is 13.2 Å². The van der Waals surface area contributed by atoms with Crippen molar-refractivity contribution in [2.24, 2.45) is 5.73 Å². The number of hydrogen-bond donors (Lipinski definition) is 2. The molecule has 1 fully saturated rings. The van der Waals surface area contributed by atoms with E-state index in [4.69, 9.17) is 15.9 Å². The third kappa shape index (κ3) is 1.75. The van der Waals surface area contributed by atoms with Crippen molar-refractivity contribution in [3.63, 3.8) is 0 Å². The molecule has 0 amide bonds. The number of ether oxygens (including phenoxy) is 1. The molecule has 3 heteroatoms. The molecule has 3 N–H and O–H groups in total. The van der Waals surface area contributed by atoms with Crippen LogP contribution in [0.15, 0.2) is 30.3 Å². The predicted octanol–water partition coefficient (Wildman–Crippen LogP) is 1.67. The SMILES string of the molecule is N=C(N)C1(c2ccccc2)CCOCC1. The molecule has 1 heterocycles. The lowest BCUT2D eigenvalue weighted by Crippen LogP contribution is -2.45. The molecule has 80 valence electrons. The Morgan fingerprint density at radius 2 is 1.80 bits per heavy atom. The van der Waals surface area contributed by atoms with E-state index >= 15 is 0 Å². The van der Waals surface area contributed by atoms with Crippen LogP contribution in [-0.2, 0) is 10.2 Å².